The van der Waals surface area contributed by atoms with Gasteiger partial charge in [0.2, 0.25) is 5.91 Å². The number of halogens is 1. The first kappa shape index (κ1) is 30.5. The summed E-state index contributed by atoms with van der Waals surface area (Å²) in [5.74, 6) is 0.181. The van der Waals surface area contributed by atoms with Crippen LogP contribution in [0.5, 0.6) is 11.5 Å². The van der Waals surface area contributed by atoms with Gasteiger partial charge in [0.25, 0.3) is 0 Å². The number of aromatic nitrogens is 2. The number of urea groups is 1. The Morgan fingerprint density at radius 2 is 1.82 bits per heavy atom. The van der Waals surface area contributed by atoms with Gasteiger partial charge in [-0.15, -0.1) is 0 Å². The number of rotatable bonds is 10. The Morgan fingerprint density at radius 3 is 2.58 bits per heavy atom. The quantitative estimate of drug-likeness (QED) is 0.143. The zero-order valence-corrected chi connectivity index (χ0v) is 25.9. The lowest BCUT2D eigenvalue weighted by molar-refractivity contribution is -0.113. The summed E-state index contributed by atoms with van der Waals surface area (Å²) in [7, 11) is 0. The molecule has 2 N–H and O–H groups in total. The van der Waals surface area contributed by atoms with E-state index in [4.69, 9.17) is 4.74 Å². The molecule has 4 aromatic rings. The van der Waals surface area contributed by atoms with Gasteiger partial charge in [-0.3, -0.25) is 4.79 Å². The molecule has 2 aliphatic rings. The third-order valence-corrected chi connectivity index (χ3v) is 8.91. The summed E-state index contributed by atoms with van der Waals surface area (Å²) in [6.07, 6.45) is 6.24. The number of carbonyl (C=O) groups is 2. The topological polar surface area (TPSA) is 99.7 Å². The van der Waals surface area contributed by atoms with Gasteiger partial charge >= 0.3 is 6.03 Å². The van der Waals surface area contributed by atoms with E-state index in [1.54, 1.807) is 30.3 Å². The smallest absolute Gasteiger partial charge is 0.328 e. The summed E-state index contributed by atoms with van der Waals surface area (Å²) < 4.78 is 20.8. The Kier molecular flexibility index (Phi) is 9.56. The molecular weight excluding hydrogens is 591 g/mol. The second-order valence-electron chi connectivity index (χ2n) is 11.1. The van der Waals surface area contributed by atoms with Crippen LogP contribution in [0.3, 0.4) is 0 Å². The number of fused-ring (bicyclic) bond motifs is 1. The van der Waals surface area contributed by atoms with E-state index < -0.39 is 17.9 Å². The van der Waals surface area contributed by atoms with Crippen LogP contribution < -0.4 is 20.3 Å². The minimum absolute atomic E-state index is 0.0352. The molecule has 1 aromatic heterocycles. The van der Waals surface area contributed by atoms with Crippen LogP contribution in [-0.2, 0) is 11.2 Å². The van der Waals surface area contributed by atoms with Gasteiger partial charge in [-0.2, -0.15) is 0 Å². The average molecular weight is 627 g/mol. The molecule has 0 bridgehead atoms. The Bertz CT molecular complexity index is 1650. The van der Waals surface area contributed by atoms with Crippen LogP contribution in [0.4, 0.5) is 26.4 Å². The summed E-state index contributed by atoms with van der Waals surface area (Å²) in [5, 5.41) is 6.42. The van der Waals surface area contributed by atoms with E-state index in [0.717, 1.165) is 18.7 Å². The molecule has 0 aliphatic carbocycles. The first-order chi connectivity index (χ1) is 21.9. The molecule has 45 heavy (non-hydrogen) atoms. The fourth-order valence-corrected chi connectivity index (χ4v) is 6.47. The second-order valence-corrected chi connectivity index (χ2v) is 12.1. The molecule has 232 valence electrons. The van der Waals surface area contributed by atoms with Gasteiger partial charge in [0.1, 0.15) is 17.1 Å². The number of benzene rings is 3. The highest BCUT2D eigenvalue weighted by molar-refractivity contribution is 8.00. The van der Waals surface area contributed by atoms with Gasteiger partial charge in [-0.25, -0.2) is 24.1 Å². The number of nitrogens with one attached hydrogen (secondary N) is 2. The molecule has 11 heteroatoms. The molecule has 0 radical (unpaired) electrons. The molecule has 1 saturated heterocycles. The second kappa shape index (κ2) is 14.1. The largest absolute Gasteiger partial charge is 0.454 e. The molecule has 0 saturated carbocycles. The number of para-hydroxylation sites is 1. The standard InChI is InChI=1S/C34H35FN6O3S/c1-23-31-32(41(34(43)38-23)26-14-15-29(28(35)20-26)44-27-8-4-2-5-9-27)36-22-37-33(31)45-21-30(42)39-25-12-10-24(11-13-25)16-19-40-17-6-3-7-18-40/h2,4-5,8-15,20,22-23H,3,6-7,16-19,21H2,1H3,(H,38,43)(H,39,42). The Balaban J connectivity index is 1.11. The van der Waals surface area contributed by atoms with E-state index in [1.165, 1.54) is 73.0 Å². The maximum absolute atomic E-state index is 15.1. The van der Waals surface area contributed by atoms with Crippen LogP contribution in [-0.4, -0.2) is 52.2 Å². The van der Waals surface area contributed by atoms with Crippen molar-refractivity contribution in [3.63, 3.8) is 0 Å². The fourth-order valence-electron chi connectivity index (χ4n) is 5.58. The number of piperidine rings is 1. The first-order valence-corrected chi connectivity index (χ1v) is 16.1. The summed E-state index contributed by atoms with van der Waals surface area (Å²) >= 11 is 1.26. The molecule has 1 atom stereocenters. The van der Waals surface area contributed by atoms with Crippen molar-refractivity contribution in [1.82, 2.24) is 20.2 Å². The predicted octanol–water partition coefficient (Wildman–Crippen LogP) is 7.09. The third-order valence-electron chi connectivity index (χ3n) is 7.90. The summed E-state index contributed by atoms with van der Waals surface area (Å²) in [5.41, 5.74) is 2.92. The van der Waals surface area contributed by atoms with Crippen LogP contribution in [0.25, 0.3) is 0 Å². The van der Waals surface area contributed by atoms with Crippen molar-refractivity contribution in [2.75, 3.05) is 35.6 Å². The number of thioether (sulfide) groups is 1. The van der Waals surface area contributed by atoms with Crippen LogP contribution in [0, 0.1) is 5.82 Å². The minimum Gasteiger partial charge on any atom is -0.454 e. The van der Waals surface area contributed by atoms with E-state index in [2.05, 4.69) is 37.6 Å². The zero-order chi connectivity index (χ0) is 31.2. The van der Waals surface area contributed by atoms with Gasteiger partial charge in [-0.05, 0) is 81.2 Å². The van der Waals surface area contributed by atoms with E-state index in [9.17, 15) is 9.59 Å². The average Bonchev–Trinajstić information content (AvgIpc) is 3.05. The van der Waals surface area contributed by atoms with E-state index in [-0.39, 0.29) is 23.1 Å². The van der Waals surface area contributed by atoms with Crippen LogP contribution in [0.1, 0.15) is 43.4 Å². The lowest BCUT2D eigenvalue weighted by atomic mass is 10.1. The van der Waals surface area contributed by atoms with Gasteiger partial charge in [0, 0.05) is 23.9 Å². The maximum atomic E-state index is 15.1. The number of likely N-dealkylation sites (tertiary alicyclic amines) is 1. The Morgan fingerprint density at radius 1 is 1.04 bits per heavy atom. The lowest BCUT2D eigenvalue weighted by Gasteiger charge is -2.33. The van der Waals surface area contributed by atoms with Gasteiger partial charge in [0.15, 0.2) is 17.4 Å². The lowest BCUT2D eigenvalue weighted by Crippen LogP contribution is -2.44. The zero-order valence-electron chi connectivity index (χ0n) is 25.0. The van der Waals surface area contributed by atoms with Crippen LogP contribution >= 0.6 is 11.8 Å². The van der Waals surface area contributed by atoms with Crippen LogP contribution in [0.15, 0.2) is 84.1 Å². The number of hydrogen-bond acceptors (Lipinski definition) is 7. The molecule has 0 spiro atoms. The van der Waals surface area contributed by atoms with Crippen molar-refractivity contribution in [2.24, 2.45) is 0 Å². The highest BCUT2D eigenvalue weighted by Crippen LogP contribution is 2.40. The number of ether oxygens (including phenoxy) is 1. The maximum Gasteiger partial charge on any atom is 0.328 e. The first-order valence-electron chi connectivity index (χ1n) is 15.2. The number of amides is 3. The molecule has 1 fully saturated rings. The number of hydrogen-bond donors (Lipinski definition) is 2. The highest BCUT2D eigenvalue weighted by atomic mass is 32.2. The van der Waals surface area contributed by atoms with Gasteiger partial charge in [-0.1, -0.05) is 48.5 Å². The fraction of sp³-hybridized carbons (Fsp3) is 0.294. The molecule has 2 aliphatic heterocycles. The van der Waals surface area contributed by atoms with Crippen molar-refractivity contribution in [1.29, 1.82) is 0 Å². The SMILES string of the molecule is CC1NC(=O)N(c2ccc(Oc3ccccc3)c(F)c2)c2ncnc(SCC(=O)Nc3ccc(CCN4CCCCC4)cc3)c21. The van der Waals surface area contributed by atoms with Crippen molar-refractivity contribution in [2.45, 2.75) is 43.7 Å². The molecular formula is C34H35FN6O3S. The predicted molar refractivity (Wildman–Crippen MR) is 174 cm³/mol. The summed E-state index contributed by atoms with van der Waals surface area (Å²) in [4.78, 5) is 38.6. The molecule has 9 nitrogen and oxygen atoms in total. The summed E-state index contributed by atoms with van der Waals surface area (Å²) in [6.45, 7) is 5.25. The normalized spacial score (nSPS) is 16.5. The molecule has 1 unspecified atom stereocenters. The van der Waals surface area contributed by atoms with Crippen molar-refractivity contribution >= 4 is 40.9 Å². The Hall–Kier alpha value is -4.48. The minimum atomic E-state index is -0.625. The van der Waals surface area contributed by atoms with E-state index in [1.807, 2.05) is 25.1 Å². The Labute approximate surface area is 266 Å². The number of anilines is 3. The third kappa shape index (κ3) is 7.43. The van der Waals surface area contributed by atoms with Crippen LogP contribution in [0.2, 0.25) is 0 Å². The van der Waals surface area contributed by atoms with Gasteiger partial charge in [0.05, 0.1) is 17.5 Å². The molecule has 6 rings (SSSR count). The molecule has 3 aromatic carbocycles. The summed E-state index contributed by atoms with van der Waals surface area (Å²) in [6, 6.07) is 20.3. The van der Waals surface area contributed by atoms with E-state index in [0.29, 0.717) is 22.2 Å². The monoisotopic (exact) mass is 626 g/mol. The number of nitrogens with zero attached hydrogens (tertiary/aromatic N) is 4. The molecule has 3 heterocycles. The van der Waals surface area contributed by atoms with Crippen molar-refractivity contribution < 1.29 is 18.7 Å². The van der Waals surface area contributed by atoms with Crippen molar-refractivity contribution in [3.05, 3.63) is 96.1 Å². The number of carbonyl (C=O) groups excluding carboxylic acids is 2. The highest BCUT2D eigenvalue weighted by Gasteiger charge is 2.34. The van der Waals surface area contributed by atoms with E-state index >= 15 is 4.39 Å². The van der Waals surface area contributed by atoms with Gasteiger partial charge < -0.3 is 20.3 Å². The molecule has 3 amide bonds. The van der Waals surface area contributed by atoms with Crippen molar-refractivity contribution in [3.8, 4) is 11.5 Å².